The van der Waals surface area contributed by atoms with Gasteiger partial charge in [-0.3, -0.25) is 4.79 Å². The number of nitrogens with zero attached hydrogens (tertiary/aromatic N) is 1. The van der Waals surface area contributed by atoms with Crippen LogP contribution in [-0.2, 0) is 4.79 Å². The number of carbonyl (C=O) groups is 1. The van der Waals surface area contributed by atoms with Crippen molar-refractivity contribution < 1.29 is 4.79 Å². The van der Waals surface area contributed by atoms with E-state index in [1.165, 1.54) is 24.1 Å². The molecule has 0 fully saturated rings. The van der Waals surface area contributed by atoms with Crippen molar-refractivity contribution in [3.8, 4) is 0 Å². The van der Waals surface area contributed by atoms with Crippen molar-refractivity contribution in [1.29, 1.82) is 0 Å². The molecule has 1 aliphatic heterocycles. The number of allylic oxidation sites excluding steroid dienone is 1. The van der Waals surface area contributed by atoms with Gasteiger partial charge in [-0.15, -0.1) is 0 Å². The van der Waals surface area contributed by atoms with Crippen molar-refractivity contribution in [2.45, 2.75) is 66.7 Å². The topological polar surface area (TPSA) is 20.3 Å². The van der Waals surface area contributed by atoms with Crippen LogP contribution in [0.4, 0.5) is 0 Å². The summed E-state index contributed by atoms with van der Waals surface area (Å²) in [5.74, 6) is 1.00. The molecule has 1 rings (SSSR count). The molecule has 0 saturated heterocycles. The van der Waals surface area contributed by atoms with Gasteiger partial charge < -0.3 is 4.90 Å². The molecule has 1 heterocycles. The van der Waals surface area contributed by atoms with E-state index in [0.717, 1.165) is 18.8 Å². The maximum absolute atomic E-state index is 11.9. The highest BCUT2D eigenvalue weighted by Gasteiger charge is 2.35. The molecule has 104 valence electrons. The van der Waals surface area contributed by atoms with Crippen LogP contribution in [0.3, 0.4) is 0 Å². The van der Waals surface area contributed by atoms with E-state index >= 15 is 0 Å². The molecule has 0 unspecified atom stereocenters. The molecular formula is C16H29NO. The first-order chi connectivity index (χ1) is 8.29. The fourth-order valence-corrected chi connectivity index (χ4v) is 2.71. The van der Waals surface area contributed by atoms with Gasteiger partial charge in [-0.2, -0.15) is 0 Å². The van der Waals surface area contributed by atoms with Gasteiger partial charge in [-0.25, -0.2) is 0 Å². The lowest BCUT2D eigenvalue weighted by atomic mass is 9.76. The summed E-state index contributed by atoms with van der Waals surface area (Å²) in [7, 11) is 1.93. The van der Waals surface area contributed by atoms with E-state index < -0.39 is 0 Å². The molecular weight excluding hydrogens is 222 g/mol. The number of hydrogen-bond acceptors (Lipinski definition) is 1. The standard InChI is InChI=1S/C16H29NO/c1-7-8-14-13(11-15(18)17(14)6)16(4,5)10-9-12(2)3/h12H,7-11H2,1-6H3. The molecule has 0 aromatic carbocycles. The van der Waals surface area contributed by atoms with Gasteiger partial charge in [0.2, 0.25) is 5.91 Å². The average Bonchev–Trinajstić information content (AvgIpc) is 2.56. The lowest BCUT2D eigenvalue weighted by molar-refractivity contribution is -0.126. The molecule has 0 saturated carbocycles. The Morgan fingerprint density at radius 1 is 1.33 bits per heavy atom. The monoisotopic (exact) mass is 251 g/mol. The number of amides is 1. The smallest absolute Gasteiger partial charge is 0.230 e. The quantitative estimate of drug-likeness (QED) is 0.686. The SMILES string of the molecule is CCCC1=C(C(C)(C)CCC(C)C)CC(=O)N1C. The van der Waals surface area contributed by atoms with E-state index in [1.807, 2.05) is 11.9 Å². The highest BCUT2D eigenvalue weighted by Crippen LogP contribution is 2.42. The maximum Gasteiger partial charge on any atom is 0.230 e. The second-order valence-electron chi connectivity index (χ2n) is 6.62. The number of carbonyl (C=O) groups excluding carboxylic acids is 1. The molecule has 0 radical (unpaired) electrons. The summed E-state index contributed by atoms with van der Waals surface area (Å²) in [5, 5.41) is 0. The fraction of sp³-hybridized carbons (Fsp3) is 0.812. The Morgan fingerprint density at radius 3 is 2.44 bits per heavy atom. The summed E-state index contributed by atoms with van der Waals surface area (Å²) in [4.78, 5) is 13.8. The van der Waals surface area contributed by atoms with Gasteiger partial charge >= 0.3 is 0 Å². The van der Waals surface area contributed by atoms with Crippen LogP contribution in [0.25, 0.3) is 0 Å². The molecule has 2 nitrogen and oxygen atoms in total. The minimum absolute atomic E-state index is 0.162. The summed E-state index contributed by atoms with van der Waals surface area (Å²) < 4.78 is 0. The zero-order valence-corrected chi connectivity index (χ0v) is 13.0. The van der Waals surface area contributed by atoms with Gasteiger partial charge in [-0.05, 0) is 29.7 Å². The Balaban J connectivity index is 2.92. The van der Waals surface area contributed by atoms with E-state index in [9.17, 15) is 4.79 Å². The van der Waals surface area contributed by atoms with Crippen LogP contribution in [0.2, 0.25) is 0 Å². The molecule has 1 aliphatic rings. The highest BCUT2D eigenvalue weighted by atomic mass is 16.2. The Morgan fingerprint density at radius 2 is 1.94 bits per heavy atom. The van der Waals surface area contributed by atoms with E-state index in [4.69, 9.17) is 0 Å². The van der Waals surface area contributed by atoms with Crippen molar-refractivity contribution >= 4 is 5.91 Å². The van der Waals surface area contributed by atoms with Crippen LogP contribution in [0, 0.1) is 11.3 Å². The third-order valence-electron chi connectivity index (χ3n) is 4.11. The van der Waals surface area contributed by atoms with Gasteiger partial charge in [0.25, 0.3) is 0 Å². The van der Waals surface area contributed by atoms with E-state index in [-0.39, 0.29) is 11.3 Å². The van der Waals surface area contributed by atoms with Crippen LogP contribution in [0.15, 0.2) is 11.3 Å². The number of rotatable bonds is 6. The van der Waals surface area contributed by atoms with Gasteiger partial charge in [0.1, 0.15) is 0 Å². The molecule has 0 atom stereocenters. The van der Waals surface area contributed by atoms with Crippen LogP contribution < -0.4 is 0 Å². The largest absolute Gasteiger partial charge is 0.319 e. The van der Waals surface area contributed by atoms with Crippen LogP contribution in [0.5, 0.6) is 0 Å². The molecule has 0 aliphatic carbocycles. The predicted octanol–water partition coefficient (Wildman–Crippen LogP) is 4.37. The summed E-state index contributed by atoms with van der Waals surface area (Å²) in [6, 6.07) is 0. The van der Waals surface area contributed by atoms with Crippen molar-refractivity contribution in [3.05, 3.63) is 11.3 Å². The predicted molar refractivity (Wildman–Crippen MR) is 77.2 cm³/mol. The van der Waals surface area contributed by atoms with Crippen molar-refractivity contribution in [3.63, 3.8) is 0 Å². The minimum Gasteiger partial charge on any atom is -0.319 e. The van der Waals surface area contributed by atoms with Crippen molar-refractivity contribution in [2.75, 3.05) is 7.05 Å². The molecule has 0 bridgehead atoms. The molecule has 0 N–H and O–H groups in total. The van der Waals surface area contributed by atoms with Crippen LogP contribution in [-0.4, -0.2) is 17.9 Å². The second-order valence-corrected chi connectivity index (χ2v) is 6.62. The minimum atomic E-state index is 0.162. The normalized spacial score (nSPS) is 17.3. The van der Waals surface area contributed by atoms with Gasteiger partial charge in [-0.1, -0.05) is 47.5 Å². The molecule has 1 amide bonds. The average molecular weight is 251 g/mol. The molecule has 0 spiro atoms. The summed E-state index contributed by atoms with van der Waals surface area (Å²) in [5.41, 5.74) is 2.84. The zero-order chi connectivity index (χ0) is 13.9. The van der Waals surface area contributed by atoms with E-state index in [0.29, 0.717) is 6.42 Å². The first-order valence-electron chi connectivity index (χ1n) is 7.28. The van der Waals surface area contributed by atoms with Crippen LogP contribution in [0.1, 0.15) is 66.7 Å². The number of hydrogen-bond donors (Lipinski definition) is 0. The third kappa shape index (κ3) is 3.37. The highest BCUT2D eigenvalue weighted by molar-refractivity contribution is 5.84. The fourth-order valence-electron chi connectivity index (χ4n) is 2.71. The Labute approximate surface area is 112 Å². The maximum atomic E-state index is 11.9. The van der Waals surface area contributed by atoms with Crippen molar-refractivity contribution in [2.24, 2.45) is 11.3 Å². The van der Waals surface area contributed by atoms with Gasteiger partial charge in [0, 0.05) is 12.7 Å². The van der Waals surface area contributed by atoms with Gasteiger partial charge in [0.15, 0.2) is 0 Å². The third-order valence-corrected chi connectivity index (χ3v) is 4.11. The Hall–Kier alpha value is -0.790. The van der Waals surface area contributed by atoms with Crippen LogP contribution >= 0.6 is 0 Å². The molecule has 18 heavy (non-hydrogen) atoms. The second kappa shape index (κ2) is 5.90. The lowest BCUT2D eigenvalue weighted by Gasteiger charge is -2.28. The summed E-state index contributed by atoms with van der Waals surface area (Å²) in [6.07, 6.45) is 5.18. The Kier molecular flexibility index (Phi) is 5.01. The van der Waals surface area contributed by atoms with E-state index in [2.05, 4.69) is 34.6 Å². The molecule has 0 aromatic heterocycles. The van der Waals surface area contributed by atoms with E-state index in [1.54, 1.807) is 0 Å². The first kappa shape index (κ1) is 15.3. The summed E-state index contributed by atoms with van der Waals surface area (Å²) in [6.45, 7) is 11.3. The molecule has 0 aromatic rings. The zero-order valence-electron chi connectivity index (χ0n) is 13.0. The van der Waals surface area contributed by atoms with Gasteiger partial charge in [0.05, 0.1) is 6.42 Å². The summed E-state index contributed by atoms with van der Waals surface area (Å²) >= 11 is 0. The molecule has 2 heteroatoms. The lowest BCUT2D eigenvalue weighted by Crippen LogP contribution is -2.19. The van der Waals surface area contributed by atoms with Crippen molar-refractivity contribution in [1.82, 2.24) is 4.90 Å². The first-order valence-corrected chi connectivity index (χ1v) is 7.28. The Bertz CT molecular complexity index is 339.